The summed E-state index contributed by atoms with van der Waals surface area (Å²) in [6.07, 6.45) is 7.29. The van der Waals surface area contributed by atoms with Gasteiger partial charge in [-0.05, 0) is 44.2 Å². The molecule has 1 heterocycles. The van der Waals surface area contributed by atoms with Crippen LogP contribution in [-0.4, -0.2) is 24.0 Å². The number of aryl methyl sites for hydroxylation is 1. The lowest BCUT2D eigenvalue weighted by Crippen LogP contribution is -2.30. The minimum Gasteiger partial charge on any atom is -0.370 e. The normalized spacial score (nSPS) is 15.7. The van der Waals surface area contributed by atoms with Crippen molar-refractivity contribution in [3.63, 3.8) is 0 Å². The molecule has 0 aromatic carbocycles. The second kappa shape index (κ2) is 8.01. The van der Waals surface area contributed by atoms with Crippen molar-refractivity contribution in [2.45, 2.75) is 52.4 Å². The van der Waals surface area contributed by atoms with Crippen LogP contribution in [0, 0.1) is 5.92 Å². The van der Waals surface area contributed by atoms with E-state index in [0.717, 1.165) is 31.0 Å². The fourth-order valence-electron chi connectivity index (χ4n) is 2.90. The smallest absolute Gasteiger partial charge is 0.251 e. The molecule has 4 heteroatoms. The standard InChI is InChI=1S/C17H27N3O/c1-3-15-10-14(11-16(20-15)18-4-2)17(21)19-12-13-8-6-5-7-9-13/h10-11,13H,3-9,12H2,1-2H3,(H,18,20)(H,19,21). The third kappa shape index (κ3) is 4.73. The lowest BCUT2D eigenvalue weighted by molar-refractivity contribution is 0.0943. The van der Waals surface area contributed by atoms with E-state index in [2.05, 4.69) is 22.5 Å². The fourth-order valence-corrected chi connectivity index (χ4v) is 2.90. The molecule has 0 saturated heterocycles. The number of amides is 1. The fraction of sp³-hybridized carbons (Fsp3) is 0.647. The Bertz CT molecular complexity index is 467. The molecule has 4 nitrogen and oxygen atoms in total. The van der Waals surface area contributed by atoms with Gasteiger partial charge < -0.3 is 10.6 Å². The van der Waals surface area contributed by atoms with Gasteiger partial charge in [0, 0.05) is 24.3 Å². The lowest BCUT2D eigenvalue weighted by atomic mass is 9.89. The van der Waals surface area contributed by atoms with E-state index < -0.39 is 0 Å². The first-order chi connectivity index (χ1) is 10.2. The molecule has 116 valence electrons. The molecule has 0 unspecified atom stereocenters. The van der Waals surface area contributed by atoms with Gasteiger partial charge in [0.2, 0.25) is 0 Å². The van der Waals surface area contributed by atoms with E-state index in [9.17, 15) is 4.79 Å². The molecule has 0 radical (unpaired) electrons. The second-order valence-electron chi connectivity index (χ2n) is 5.83. The maximum absolute atomic E-state index is 12.3. The third-order valence-electron chi connectivity index (χ3n) is 4.14. The van der Waals surface area contributed by atoms with Gasteiger partial charge in [0.05, 0.1) is 0 Å². The summed E-state index contributed by atoms with van der Waals surface area (Å²) in [5.74, 6) is 1.47. The van der Waals surface area contributed by atoms with Gasteiger partial charge in [0.25, 0.3) is 5.91 Å². The van der Waals surface area contributed by atoms with Gasteiger partial charge in [-0.3, -0.25) is 4.79 Å². The number of carbonyl (C=O) groups excluding carboxylic acids is 1. The van der Waals surface area contributed by atoms with Crippen LogP contribution in [0.2, 0.25) is 0 Å². The monoisotopic (exact) mass is 289 g/mol. The average molecular weight is 289 g/mol. The Morgan fingerprint density at radius 3 is 2.67 bits per heavy atom. The molecule has 0 atom stereocenters. The number of hydrogen-bond acceptors (Lipinski definition) is 3. The first-order valence-electron chi connectivity index (χ1n) is 8.26. The maximum Gasteiger partial charge on any atom is 0.251 e. The first-order valence-corrected chi connectivity index (χ1v) is 8.26. The van der Waals surface area contributed by atoms with E-state index in [0.29, 0.717) is 11.5 Å². The number of nitrogens with one attached hydrogen (secondary N) is 2. The molecule has 1 fully saturated rings. The lowest BCUT2D eigenvalue weighted by Gasteiger charge is -2.21. The van der Waals surface area contributed by atoms with E-state index in [1.54, 1.807) is 0 Å². The zero-order valence-electron chi connectivity index (χ0n) is 13.2. The van der Waals surface area contributed by atoms with Crippen LogP contribution in [0.4, 0.5) is 5.82 Å². The number of aromatic nitrogens is 1. The minimum atomic E-state index is 0.0248. The predicted molar refractivity (Wildman–Crippen MR) is 86.7 cm³/mol. The van der Waals surface area contributed by atoms with Crippen LogP contribution in [0.5, 0.6) is 0 Å². The Morgan fingerprint density at radius 1 is 1.24 bits per heavy atom. The quantitative estimate of drug-likeness (QED) is 0.844. The zero-order valence-corrected chi connectivity index (χ0v) is 13.2. The molecule has 1 aromatic heterocycles. The van der Waals surface area contributed by atoms with Crippen molar-refractivity contribution in [1.82, 2.24) is 10.3 Å². The molecule has 2 N–H and O–H groups in total. The Kier molecular flexibility index (Phi) is 6.03. The number of rotatable bonds is 6. The highest BCUT2D eigenvalue weighted by atomic mass is 16.1. The number of anilines is 1. The predicted octanol–water partition coefficient (Wildman–Crippen LogP) is 3.39. The van der Waals surface area contributed by atoms with Crippen LogP contribution < -0.4 is 10.6 Å². The molecule has 21 heavy (non-hydrogen) atoms. The van der Waals surface area contributed by atoms with Crippen molar-refractivity contribution in [1.29, 1.82) is 0 Å². The van der Waals surface area contributed by atoms with E-state index in [-0.39, 0.29) is 5.91 Å². The van der Waals surface area contributed by atoms with Crippen LogP contribution >= 0.6 is 0 Å². The molecule has 0 aliphatic heterocycles. The summed E-state index contributed by atoms with van der Waals surface area (Å²) in [6, 6.07) is 3.75. The average Bonchev–Trinajstić information content (AvgIpc) is 2.53. The largest absolute Gasteiger partial charge is 0.370 e. The SMILES string of the molecule is CCNc1cc(C(=O)NCC2CCCCC2)cc(CC)n1. The van der Waals surface area contributed by atoms with Crippen LogP contribution in [-0.2, 0) is 6.42 Å². The van der Waals surface area contributed by atoms with Gasteiger partial charge >= 0.3 is 0 Å². The number of hydrogen-bond donors (Lipinski definition) is 2. The molecule has 1 aromatic rings. The molecule has 2 rings (SSSR count). The summed E-state index contributed by atoms with van der Waals surface area (Å²) in [6.45, 7) is 5.70. The topological polar surface area (TPSA) is 54.0 Å². The maximum atomic E-state index is 12.3. The van der Waals surface area contributed by atoms with Crippen molar-refractivity contribution in [2.75, 3.05) is 18.4 Å². The number of carbonyl (C=O) groups is 1. The summed E-state index contributed by atoms with van der Waals surface area (Å²) in [4.78, 5) is 16.8. The Morgan fingerprint density at radius 2 is 2.00 bits per heavy atom. The van der Waals surface area contributed by atoms with E-state index in [1.165, 1.54) is 32.1 Å². The minimum absolute atomic E-state index is 0.0248. The van der Waals surface area contributed by atoms with Crippen LogP contribution in [0.1, 0.15) is 62.0 Å². The number of pyridine rings is 1. The van der Waals surface area contributed by atoms with Gasteiger partial charge in [0.15, 0.2) is 0 Å². The molecule has 1 saturated carbocycles. The molecule has 1 amide bonds. The van der Waals surface area contributed by atoms with Crippen molar-refractivity contribution in [3.8, 4) is 0 Å². The van der Waals surface area contributed by atoms with Crippen LogP contribution in [0.3, 0.4) is 0 Å². The van der Waals surface area contributed by atoms with Gasteiger partial charge in [0.1, 0.15) is 5.82 Å². The summed E-state index contributed by atoms with van der Waals surface area (Å²) in [5.41, 5.74) is 1.67. The van der Waals surface area contributed by atoms with Gasteiger partial charge in [-0.2, -0.15) is 0 Å². The first kappa shape index (κ1) is 15.8. The molecule has 1 aliphatic rings. The highest BCUT2D eigenvalue weighted by Gasteiger charge is 2.15. The second-order valence-corrected chi connectivity index (χ2v) is 5.83. The molecule has 0 bridgehead atoms. The van der Waals surface area contributed by atoms with Gasteiger partial charge in [-0.1, -0.05) is 26.2 Å². The Labute approximate surface area is 127 Å². The van der Waals surface area contributed by atoms with Crippen molar-refractivity contribution < 1.29 is 4.79 Å². The zero-order chi connectivity index (χ0) is 15.1. The van der Waals surface area contributed by atoms with E-state index in [4.69, 9.17) is 0 Å². The third-order valence-corrected chi connectivity index (χ3v) is 4.14. The highest BCUT2D eigenvalue weighted by molar-refractivity contribution is 5.95. The van der Waals surface area contributed by atoms with Crippen molar-refractivity contribution >= 4 is 11.7 Å². The van der Waals surface area contributed by atoms with Gasteiger partial charge in [-0.25, -0.2) is 4.98 Å². The number of nitrogens with zero attached hydrogens (tertiary/aromatic N) is 1. The van der Waals surface area contributed by atoms with E-state index in [1.807, 2.05) is 19.1 Å². The molecule has 0 spiro atoms. The Balaban J connectivity index is 1.98. The van der Waals surface area contributed by atoms with E-state index >= 15 is 0 Å². The summed E-state index contributed by atoms with van der Waals surface area (Å²) >= 11 is 0. The van der Waals surface area contributed by atoms with Crippen molar-refractivity contribution in [3.05, 3.63) is 23.4 Å². The molecular weight excluding hydrogens is 262 g/mol. The summed E-state index contributed by atoms with van der Waals surface area (Å²) < 4.78 is 0. The highest BCUT2D eigenvalue weighted by Crippen LogP contribution is 2.22. The van der Waals surface area contributed by atoms with Crippen LogP contribution in [0.25, 0.3) is 0 Å². The van der Waals surface area contributed by atoms with Gasteiger partial charge in [-0.15, -0.1) is 0 Å². The Hall–Kier alpha value is -1.58. The summed E-state index contributed by atoms with van der Waals surface area (Å²) in [5, 5.41) is 6.29. The molecule has 1 aliphatic carbocycles. The van der Waals surface area contributed by atoms with Crippen molar-refractivity contribution in [2.24, 2.45) is 5.92 Å². The molecular formula is C17H27N3O. The van der Waals surface area contributed by atoms with Crippen LogP contribution in [0.15, 0.2) is 12.1 Å². The summed E-state index contributed by atoms with van der Waals surface area (Å²) in [7, 11) is 0.